The molecular formula is C7H6ClN5O2S2. The Morgan fingerprint density at radius 2 is 2.18 bits per heavy atom. The van der Waals surface area contributed by atoms with Gasteiger partial charge in [-0.1, -0.05) is 21.2 Å². The Balaban J connectivity index is 2.41. The molecule has 0 atom stereocenters. The lowest BCUT2D eigenvalue weighted by atomic mass is 10.3. The van der Waals surface area contributed by atoms with E-state index in [-0.39, 0.29) is 15.0 Å². The minimum absolute atomic E-state index is 0.0588. The van der Waals surface area contributed by atoms with Crippen LogP contribution in [-0.4, -0.2) is 23.2 Å². The highest BCUT2D eigenvalue weighted by Gasteiger charge is 2.19. The van der Waals surface area contributed by atoms with Crippen LogP contribution in [0.2, 0.25) is 5.02 Å². The van der Waals surface area contributed by atoms with E-state index in [1.54, 1.807) is 0 Å². The second-order valence-electron chi connectivity index (χ2n) is 2.96. The number of hydrogen-bond acceptors (Lipinski definition) is 7. The van der Waals surface area contributed by atoms with Gasteiger partial charge < -0.3 is 5.73 Å². The summed E-state index contributed by atoms with van der Waals surface area (Å²) in [6, 6.07) is 4.18. The second-order valence-corrected chi connectivity index (χ2v) is 5.75. The number of sulfonamides is 1. The fourth-order valence-electron chi connectivity index (χ4n) is 1.07. The summed E-state index contributed by atoms with van der Waals surface area (Å²) in [6.45, 7) is 0. The van der Waals surface area contributed by atoms with Crippen LogP contribution < -0.4 is 10.5 Å². The fourth-order valence-corrected chi connectivity index (χ4v) is 3.19. The molecule has 0 aliphatic heterocycles. The Kier molecular flexibility index (Phi) is 3.13. The summed E-state index contributed by atoms with van der Waals surface area (Å²) >= 11 is 6.62. The number of halogens is 1. The summed E-state index contributed by atoms with van der Waals surface area (Å²) in [7, 11) is -3.83. The molecular weight excluding hydrogens is 286 g/mol. The summed E-state index contributed by atoms with van der Waals surface area (Å²) in [5.74, 6) is 0. The summed E-state index contributed by atoms with van der Waals surface area (Å²) in [5.41, 5.74) is 5.81. The standard InChI is InChI=1S/C7H6ClN5O2S2/c8-5-2-1-4(9)3-6(5)17(14,15)11-7-10-12-13-16-7/h1-3H,9H2,(H,10,11,13). The number of rotatable bonds is 3. The van der Waals surface area contributed by atoms with Gasteiger partial charge in [0.25, 0.3) is 10.0 Å². The van der Waals surface area contributed by atoms with Crippen molar-refractivity contribution in [1.29, 1.82) is 0 Å². The van der Waals surface area contributed by atoms with Crippen molar-refractivity contribution in [2.45, 2.75) is 4.90 Å². The zero-order valence-corrected chi connectivity index (χ0v) is 10.6. The van der Waals surface area contributed by atoms with Crippen molar-refractivity contribution >= 4 is 44.0 Å². The summed E-state index contributed by atoms with van der Waals surface area (Å²) in [5, 5.41) is 6.88. The molecule has 0 amide bonds. The lowest BCUT2D eigenvalue weighted by Crippen LogP contribution is -2.13. The Morgan fingerprint density at radius 1 is 1.41 bits per heavy atom. The molecule has 3 N–H and O–H groups in total. The molecule has 1 heterocycles. The van der Waals surface area contributed by atoms with Crippen LogP contribution in [0.4, 0.5) is 10.8 Å². The smallest absolute Gasteiger partial charge is 0.265 e. The van der Waals surface area contributed by atoms with Crippen molar-refractivity contribution in [1.82, 2.24) is 14.8 Å². The highest BCUT2D eigenvalue weighted by molar-refractivity contribution is 7.93. The van der Waals surface area contributed by atoms with E-state index in [0.29, 0.717) is 5.69 Å². The highest BCUT2D eigenvalue weighted by Crippen LogP contribution is 2.25. The SMILES string of the molecule is Nc1ccc(Cl)c(S(=O)(=O)Nc2nnns2)c1. The summed E-state index contributed by atoms with van der Waals surface area (Å²) < 4.78 is 29.5. The average Bonchev–Trinajstić information content (AvgIpc) is 2.73. The number of benzene rings is 1. The molecule has 0 aliphatic rings. The maximum absolute atomic E-state index is 11.9. The third-order valence-electron chi connectivity index (χ3n) is 1.77. The van der Waals surface area contributed by atoms with E-state index in [2.05, 4.69) is 19.5 Å². The quantitative estimate of drug-likeness (QED) is 0.815. The Bertz CT molecular complexity index is 628. The van der Waals surface area contributed by atoms with Crippen molar-refractivity contribution in [3.05, 3.63) is 23.2 Å². The van der Waals surface area contributed by atoms with Crippen LogP contribution >= 0.6 is 23.1 Å². The van der Waals surface area contributed by atoms with Gasteiger partial charge in [0.15, 0.2) is 0 Å². The van der Waals surface area contributed by atoms with Gasteiger partial charge in [-0.3, -0.25) is 4.72 Å². The fraction of sp³-hybridized carbons (Fsp3) is 0. The van der Waals surface area contributed by atoms with Crippen molar-refractivity contribution in [3.63, 3.8) is 0 Å². The molecule has 90 valence electrons. The third-order valence-corrected chi connectivity index (χ3v) is 4.23. The number of nitrogens with two attached hydrogens (primary N) is 1. The number of aromatic nitrogens is 3. The molecule has 1 aromatic heterocycles. The van der Waals surface area contributed by atoms with Crippen LogP contribution in [-0.2, 0) is 10.0 Å². The molecule has 0 radical (unpaired) electrons. The van der Waals surface area contributed by atoms with Crippen molar-refractivity contribution < 1.29 is 8.42 Å². The van der Waals surface area contributed by atoms with Crippen molar-refractivity contribution in [2.24, 2.45) is 0 Å². The second kappa shape index (κ2) is 4.43. The van der Waals surface area contributed by atoms with Gasteiger partial charge in [-0.25, -0.2) is 8.42 Å². The molecule has 7 nitrogen and oxygen atoms in total. The van der Waals surface area contributed by atoms with E-state index < -0.39 is 10.0 Å². The first-order valence-electron chi connectivity index (χ1n) is 4.22. The van der Waals surface area contributed by atoms with Gasteiger partial charge in [0.1, 0.15) is 4.90 Å². The molecule has 0 saturated carbocycles. The predicted molar refractivity (Wildman–Crippen MR) is 64.4 cm³/mol. The minimum Gasteiger partial charge on any atom is -0.399 e. The van der Waals surface area contributed by atoms with Crippen molar-refractivity contribution in [2.75, 3.05) is 10.5 Å². The lowest BCUT2D eigenvalue weighted by molar-refractivity contribution is 0.601. The van der Waals surface area contributed by atoms with Crippen LogP contribution in [0.1, 0.15) is 0 Å². The average molecular weight is 292 g/mol. The number of hydrogen-bond donors (Lipinski definition) is 2. The first kappa shape index (κ1) is 12.0. The van der Waals surface area contributed by atoms with Gasteiger partial charge in [0, 0.05) is 17.2 Å². The molecule has 0 unspecified atom stereocenters. The lowest BCUT2D eigenvalue weighted by Gasteiger charge is -2.06. The largest absolute Gasteiger partial charge is 0.399 e. The van der Waals surface area contributed by atoms with Gasteiger partial charge in [-0.05, 0) is 23.4 Å². The van der Waals surface area contributed by atoms with Crippen LogP contribution in [0, 0.1) is 0 Å². The molecule has 0 fully saturated rings. The summed E-state index contributed by atoms with van der Waals surface area (Å²) in [6.07, 6.45) is 0. The molecule has 17 heavy (non-hydrogen) atoms. The minimum atomic E-state index is -3.83. The number of nitrogens with zero attached hydrogens (tertiary/aromatic N) is 3. The Morgan fingerprint density at radius 3 is 2.82 bits per heavy atom. The maximum atomic E-state index is 11.9. The zero-order valence-electron chi connectivity index (χ0n) is 8.16. The van der Waals surface area contributed by atoms with E-state index in [9.17, 15) is 8.42 Å². The highest BCUT2D eigenvalue weighted by atomic mass is 35.5. The summed E-state index contributed by atoms with van der Waals surface area (Å²) in [4.78, 5) is -0.116. The van der Waals surface area contributed by atoms with Gasteiger partial charge >= 0.3 is 0 Å². The van der Waals surface area contributed by atoms with Crippen LogP contribution in [0.15, 0.2) is 23.1 Å². The van der Waals surface area contributed by atoms with E-state index in [1.165, 1.54) is 18.2 Å². The molecule has 10 heteroatoms. The molecule has 0 aliphatic carbocycles. The topological polar surface area (TPSA) is 111 Å². The molecule has 0 spiro atoms. The molecule has 0 bridgehead atoms. The van der Waals surface area contributed by atoms with Crippen LogP contribution in [0.5, 0.6) is 0 Å². The molecule has 2 aromatic rings. The van der Waals surface area contributed by atoms with Gasteiger partial charge in [0.2, 0.25) is 5.13 Å². The van der Waals surface area contributed by atoms with Gasteiger partial charge in [0.05, 0.1) is 5.02 Å². The molecule has 1 aromatic carbocycles. The molecule has 2 rings (SSSR count). The zero-order chi connectivity index (χ0) is 12.5. The molecule has 0 saturated heterocycles. The Hall–Kier alpha value is -1.45. The van der Waals surface area contributed by atoms with E-state index in [0.717, 1.165) is 11.5 Å². The van der Waals surface area contributed by atoms with E-state index >= 15 is 0 Å². The third kappa shape index (κ3) is 2.62. The van der Waals surface area contributed by atoms with E-state index in [4.69, 9.17) is 17.3 Å². The van der Waals surface area contributed by atoms with Crippen molar-refractivity contribution in [3.8, 4) is 0 Å². The monoisotopic (exact) mass is 291 g/mol. The van der Waals surface area contributed by atoms with Gasteiger partial charge in [-0.2, -0.15) is 0 Å². The van der Waals surface area contributed by atoms with Crippen LogP contribution in [0.25, 0.3) is 0 Å². The first-order chi connectivity index (χ1) is 7.99. The Labute approximate surface area is 106 Å². The number of nitrogens with one attached hydrogen (secondary N) is 1. The van der Waals surface area contributed by atoms with E-state index in [1.807, 2.05) is 0 Å². The number of nitrogen functional groups attached to an aromatic ring is 1. The van der Waals surface area contributed by atoms with Crippen LogP contribution in [0.3, 0.4) is 0 Å². The maximum Gasteiger partial charge on any atom is 0.265 e. The predicted octanol–water partition coefficient (Wildman–Crippen LogP) is 0.970. The number of anilines is 2. The first-order valence-corrected chi connectivity index (χ1v) is 6.85. The van der Waals surface area contributed by atoms with Gasteiger partial charge in [-0.15, -0.1) is 0 Å². The normalized spacial score (nSPS) is 11.4.